The second-order valence-corrected chi connectivity index (χ2v) is 5.76. The van der Waals surface area contributed by atoms with Crippen LogP contribution in [0, 0.1) is 5.82 Å². The Balaban J connectivity index is 1.97. The van der Waals surface area contributed by atoms with Crippen LogP contribution in [-0.2, 0) is 17.8 Å². The number of hydrogen-bond donors (Lipinski definition) is 1. The molecule has 0 radical (unpaired) electrons. The van der Waals surface area contributed by atoms with Crippen molar-refractivity contribution in [2.75, 3.05) is 0 Å². The lowest BCUT2D eigenvalue weighted by Gasteiger charge is -2.12. The average Bonchev–Trinajstić information content (AvgIpc) is 2.51. The van der Waals surface area contributed by atoms with E-state index in [9.17, 15) is 9.18 Å². The molecule has 0 saturated carbocycles. The minimum atomic E-state index is -0.903. The molecule has 0 unspecified atom stereocenters. The van der Waals surface area contributed by atoms with Crippen LogP contribution < -0.4 is 9.47 Å². The quantitative estimate of drug-likeness (QED) is 0.787. The molecule has 0 spiro atoms. The molecule has 1 N–H and O–H groups in total. The molecule has 5 heteroatoms. The van der Waals surface area contributed by atoms with Crippen LogP contribution in [-0.4, -0.2) is 17.2 Å². The SMILES string of the molecule is CC(C)Oc1cccc(COc2ccc(CCC(=O)O)cc2F)c1. The number of halogens is 1. The number of benzene rings is 2. The molecule has 0 amide bonds. The van der Waals surface area contributed by atoms with E-state index in [4.69, 9.17) is 14.6 Å². The van der Waals surface area contributed by atoms with Gasteiger partial charge in [-0.05, 0) is 55.7 Å². The largest absolute Gasteiger partial charge is 0.491 e. The first-order chi connectivity index (χ1) is 11.4. The number of carboxylic acids is 1. The maximum atomic E-state index is 14.0. The summed E-state index contributed by atoms with van der Waals surface area (Å²) in [4.78, 5) is 10.5. The molecule has 0 fully saturated rings. The number of rotatable bonds is 8. The van der Waals surface area contributed by atoms with Gasteiger partial charge in [-0.1, -0.05) is 18.2 Å². The van der Waals surface area contributed by atoms with E-state index in [1.54, 1.807) is 6.07 Å². The predicted molar refractivity (Wildman–Crippen MR) is 88.9 cm³/mol. The number of aryl methyl sites for hydroxylation is 1. The van der Waals surface area contributed by atoms with Crippen LogP contribution in [0.5, 0.6) is 11.5 Å². The lowest BCUT2D eigenvalue weighted by molar-refractivity contribution is -0.136. The van der Waals surface area contributed by atoms with E-state index in [2.05, 4.69) is 0 Å². The van der Waals surface area contributed by atoms with Crippen LogP contribution in [0.1, 0.15) is 31.4 Å². The summed E-state index contributed by atoms with van der Waals surface area (Å²) in [6.07, 6.45) is 0.348. The Labute approximate surface area is 140 Å². The van der Waals surface area contributed by atoms with Crippen molar-refractivity contribution in [2.45, 2.75) is 39.4 Å². The molecule has 24 heavy (non-hydrogen) atoms. The van der Waals surface area contributed by atoms with Gasteiger partial charge < -0.3 is 14.6 Å². The van der Waals surface area contributed by atoms with Gasteiger partial charge in [0.05, 0.1) is 6.10 Å². The fraction of sp³-hybridized carbons (Fsp3) is 0.316. The maximum absolute atomic E-state index is 14.0. The Morgan fingerprint density at radius 3 is 2.62 bits per heavy atom. The van der Waals surface area contributed by atoms with Gasteiger partial charge in [0.1, 0.15) is 12.4 Å². The van der Waals surface area contributed by atoms with Crippen LogP contribution >= 0.6 is 0 Å². The second-order valence-electron chi connectivity index (χ2n) is 5.76. The Bertz CT molecular complexity index is 698. The van der Waals surface area contributed by atoms with Crippen LogP contribution in [0.4, 0.5) is 4.39 Å². The van der Waals surface area contributed by atoms with E-state index >= 15 is 0 Å². The lowest BCUT2D eigenvalue weighted by atomic mass is 10.1. The van der Waals surface area contributed by atoms with Crippen LogP contribution in [0.2, 0.25) is 0 Å². The predicted octanol–water partition coefficient (Wildman–Crippen LogP) is 4.21. The fourth-order valence-corrected chi connectivity index (χ4v) is 2.21. The smallest absolute Gasteiger partial charge is 0.303 e. The number of carboxylic acid groups (broad SMARTS) is 1. The molecule has 2 aromatic carbocycles. The van der Waals surface area contributed by atoms with Gasteiger partial charge >= 0.3 is 5.97 Å². The van der Waals surface area contributed by atoms with E-state index in [0.29, 0.717) is 12.0 Å². The first-order valence-corrected chi connectivity index (χ1v) is 7.82. The van der Waals surface area contributed by atoms with Gasteiger partial charge in [-0.25, -0.2) is 4.39 Å². The summed E-state index contributed by atoms with van der Waals surface area (Å²) < 4.78 is 25.2. The van der Waals surface area contributed by atoms with Gasteiger partial charge in [0.15, 0.2) is 11.6 Å². The summed E-state index contributed by atoms with van der Waals surface area (Å²) in [5, 5.41) is 8.66. The molecule has 2 aromatic rings. The molecule has 0 atom stereocenters. The van der Waals surface area contributed by atoms with Crippen LogP contribution in [0.15, 0.2) is 42.5 Å². The summed E-state index contributed by atoms with van der Waals surface area (Å²) >= 11 is 0. The van der Waals surface area contributed by atoms with E-state index in [1.807, 2.05) is 38.1 Å². The van der Waals surface area contributed by atoms with Gasteiger partial charge in [-0.2, -0.15) is 0 Å². The minimum Gasteiger partial charge on any atom is -0.491 e. The van der Waals surface area contributed by atoms with Crippen molar-refractivity contribution in [3.8, 4) is 11.5 Å². The Hall–Kier alpha value is -2.56. The first-order valence-electron chi connectivity index (χ1n) is 7.82. The topological polar surface area (TPSA) is 55.8 Å². The number of ether oxygens (including phenoxy) is 2. The summed E-state index contributed by atoms with van der Waals surface area (Å²) in [5.41, 5.74) is 1.51. The van der Waals surface area contributed by atoms with Crippen LogP contribution in [0.25, 0.3) is 0 Å². The van der Waals surface area contributed by atoms with Crippen molar-refractivity contribution in [1.29, 1.82) is 0 Å². The van der Waals surface area contributed by atoms with Crippen molar-refractivity contribution in [1.82, 2.24) is 0 Å². The van der Waals surface area contributed by atoms with Crippen molar-refractivity contribution in [3.05, 3.63) is 59.4 Å². The van der Waals surface area contributed by atoms with E-state index in [1.165, 1.54) is 12.1 Å². The molecule has 0 aromatic heterocycles. The van der Waals surface area contributed by atoms with Gasteiger partial charge in [0.2, 0.25) is 0 Å². The minimum absolute atomic E-state index is 0.0255. The molecule has 0 aliphatic carbocycles. The van der Waals surface area contributed by atoms with Gasteiger partial charge in [-0.3, -0.25) is 4.79 Å². The second kappa shape index (κ2) is 8.34. The summed E-state index contributed by atoms with van der Waals surface area (Å²) in [5.74, 6) is -0.508. The third-order valence-corrected chi connectivity index (χ3v) is 3.29. The highest BCUT2D eigenvalue weighted by Gasteiger charge is 2.07. The van der Waals surface area contributed by atoms with E-state index in [-0.39, 0.29) is 24.9 Å². The highest BCUT2D eigenvalue weighted by atomic mass is 19.1. The summed E-state index contributed by atoms with van der Waals surface area (Å²) in [6.45, 7) is 4.12. The molecular formula is C19H21FO4. The summed E-state index contributed by atoms with van der Waals surface area (Å²) in [6, 6.07) is 12.0. The highest BCUT2D eigenvalue weighted by molar-refractivity contribution is 5.67. The molecule has 0 aliphatic rings. The monoisotopic (exact) mass is 332 g/mol. The fourth-order valence-electron chi connectivity index (χ4n) is 2.21. The normalized spacial score (nSPS) is 10.7. The highest BCUT2D eigenvalue weighted by Crippen LogP contribution is 2.22. The van der Waals surface area contributed by atoms with E-state index < -0.39 is 11.8 Å². The number of carbonyl (C=O) groups is 1. The molecule has 0 saturated heterocycles. The number of aliphatic carboxylic acids is 1. The first kappa shape index (κ1) is 17.8. The molecule has 0 heterocycles. The third-order valence-electron chi connectivity index (χ3n) is 3.29. The molecule has 4 nitrogen and oxygen atoms in total. The van der Waals surface area contributed by atoms with Crippen molar-refractivity contribution < 1.29 is 23.8 Å². The number of hydrogen-bond acceptors (Lipinski definition) is 3. The molecule has 0 bridgehead atoms. The Morgan fingerprint density at radius 2 is 1.96 bits per heavy atom. The maximum Gasteiger partial charge on any atom is 0.303 e. The zero-order valence-electron chi connectivity index (χ0n) is 13.8. The summed E-state index contributed by atoms with van der Waals surface area (Å²) in [7, 11) is 0. The molecule has 128 valence electrons. The van der Waals surface area contributed by atoms with Gasteiger partial charge in [-0.15, -0.1) is 0 Å². The van der Waals surface area contributed by atoms with Crippen molar-refractivity contribution >= 4 is 5.97 Å². The van der Waals surface area contributed by atoms with Crippen molar-refractivity contribution in [2.24, 2.45) is 0 Å². The standard InChI is InChI=1S/C19H21FO4/c1-13(2)24-16-5-3-4-15(10-16)12-23-18-8-6-14(11-17(18)20)7-9-19(21)22/h3-6,8,10-11,13H,7,9,12H2,1-2H3,(H,21,22). The average molecular weight is 332 g/mol. The van der Waals surface area contributed by atoms with Crippen LogP contribution in [0.3, 0.4) is 0 Å². The zero-order valence-corrected chi connectivity index (χ0v) is 13.8. The van der Waals surface area contributed by atoms with E-state index in [0.717, 1.165) is 11.3 Å². The zero-order chi connectivity index (χ0) is 17.5. The lowest BCUT2D eigenvalue weighted by Crippen LogP contribution is -2.06. The molecule has 0 aliphatic heterocycles. The molecule has 2 rings (SSSR count). The van der Waals surface area contributed by atoms with Crippen molar-refractivity contribution in [3.63, 3.8) is 0 Å². The van der Waals surface area contributed by atoms with Gasteiger partial charge in [0, 0.05) is 6.42 Å². The Morgan fingerprint density at radius 1 is 1.17 bits per heavy atom. The third kappa shape index (κ3) is 5.57. The Kier molecular flexibility index (Phi) is 6.18. The van der Waals surface area contributed by atoms with Gasteiger partial charge in [0.25, 0.3) is 0 Å². The molecular weight excluding hydrogens is 311 g/mol.